The topological polar surface area (TPSA) is 21.7 Å². The zero-order valence-electron chi connectivity index (χ0n) is 13.8. The lowest BCUT2D eigenvalue weighted by Crippen LogP contribution is -2.23. The fourth-order valence-electron chi connectivity index (χ4n) is 2.51. The second kappa shape index (κ2) is 7.79. The molecule has 0 saturated carbocycles. The van der Waals surface area contributed by atoms with Crippen LogP contribution in [0.15, 0.2) is 40.9 Å². The molecule has 2 aromatic rings. The molecule has 0 bridgehead atoms. The normalized spacial score (nSPS) is 12.3. The van der Waals surface area contributed by atoms with Crippen LogP contribution < -0.4 is 9.47 Å². The van der Waals surface area contributed by atoms with Crippen LogP contribution in [0.5, 0.6) is 11.5 Å². The highest BCUT2D eigenvalue weighted by molar-refractivity contribution is 9.10. The maximum Gasteiger partial charge on any atom is 0.175 e. The largest absolute Gasteiger partial charge is 0.493 e. The lowest BCUT2D eigenvalue weighted by Gasteiger charge is -2.26. The Balaban J connectivity index is 2.23. The van der Waals surface area contributed by atoms with Gasteiger partial charge < -0.3 is 9.47 Å². The van der Waals surface area contributed by atoms with E-state index in [0.717, 1.165) is 10.0 Å². The van der Waals surface area contributed by atoms with E-state index < -0.39 is 0 Å². The zero-order valence-corrected chi connectivity index (χ0v) is 15.4. The first kappa shape index (κ1) is 17.8. The van der Waals surface area contributed by atoms with Gasteiger partial charge in [-0.25, -0.2) is 4.39 Å². The third-order valence-electron chi connectivity index (χ3n) is 4.00. The summed E-state index contributed by atoms with van der Waals surface area (Å²) in [5.74, 6) is 1.16. The summed E-state index contributed by atoms with van der Waals surface area (Å²) in [6.45, 7) is 2.64. The van der Waals surface area contributed by atoms with Gasteiger partial charge in [0.25, 0.3) is 0 Å². The summed E-state index contributed by atoms with van der Waals surface area (Å²) in [5.41, 5.74) is 1.74. The summed E-state index contributed by atoms with van der Waals surface area (Å²) in [5, 5.41) is 0. The Kier molecular flexibility index (Phi) is 6.02. The zero-order chi connectivity index (χ0) is 17.0. The van der Waals surface area contributed by atoms with Gasteiger partial charge in [0.2, 0.25) is 0 Å². The Labute approximate surface area is 145 Å². The number of ether oxygens (including phenoxy) is 2. The van der Waals surface area contributed by atoms with Gasteiger partial charge in [-0.2, -0.15) is 0 Å². The van der Waals surface area contributed by atoms with E-state index >= 15 is 0 Å². The van der Waals surface area contributed by atoms with Gasteiger partial charge in [-0.15, -0.1) is 0 Å². The van der Waals surface area contributed by atoms with Crippen molar-refractivity contribution in [2.24, 2.45) is 0 Å². The van der Waals surface area contributed by atoms with Crippen molar-refractivity contribution in [3.8, 4) is 11.5 Å². The molecule has 0 saturated heterocycles. The fraction of sp³-hybridized carbons (Fsp3) is 0.333. The van der Waals surface area contributed by atoms with Gasteiger partial charge in [0.05, 0.1) is 18.7 Å². The molecule has 3 nitrogen and oxygen atoms in total. The van der Waals surface area contributed by atoms with Crippen LogP contribution in [-0.2, 0) is 6.54 Å². The molecular weight excluding hydrogens is 361 g/mol. The van der Waals surface area contributed by atoms with E-state index in [1.54, 1.807) is 20.3 Å². The van der Waals surface area contributed by atoms with Gasteiger partial charge in [-0.05, 0) is 47.6 Å². The first-order valence-corrected chi connectivity index (χ1v) is 8.12. The third-order valence-corrected chi connectivity index (χ3v) is 4.87. The quantitative estimate of drug-likeness (QED) is 0.717. The van der Waals surface area contributed by atoms with Gasteiger partial charge >= 0.3 is 0 Å². The Morgan fingerprint density at radius 3 is 2.43 bits per heavy atom. The predicted octanol–water partition coefficient (Wildman–Crippen LogP) is 4.80. The smallest absolute Gasteiger partial charge is 0.175 e. The number of hydrogen-bond donors (Lipinski definition) is 0. The second-order valence-corrected chi connectivity index (χ2v) is 6.18. The van der Waals surface area contributed by atoms with Crippen molar-refractivity contribution in [3.63, 3.8) is 0 Å². The molecule has 0 heterocycles. The molecule has 0 N–H and O–H groups in total. The standard InChI is InChI=1S/C18H21BrFNO2/c1-12(14-7-5-6-8-15(14)20)21(2)11-13-9-10-16(22-3)18(23-4)17(13)19/h5-10,12H,11H2,1-4H3. The number of halogens is 2. The summed E-state index contributed by atoms with van der Waals surface area (Å²) < 4.78 is 25.5. The lowest BCUT2D eigenvalue weighted by atomic mass is 10.1. The molecule has 0 aliphatic heterocycles. The van der Waals surface area contributed by atoms with E-state index in [9.17, 15) is 4.39 Å². The van der Waals surface area contributed by atoms with Crippen molar-refractivity contribution in [2.75, 3.05) is 21.3 Å². The molecule has 0 aliphatic rings. The van der Waals surface area contributed by atoms with Gasteiger partial charge in [-0.1, -0.05) is 24.3 Å². The van der Waals surface area contributed by atoms with Crippen LogP contribution in [0.2, 0.25) is 0 Å². The Morgan fingerprint density at radius 1 is 1.13 bits per heavy atom. The van der Waals surface area contributed by atoms with Crippen LogP contribution in [0.4, 0.5) is 4.39 Å². The molecular formula is C18H21BrFNO2. The summed E-state index contributed by atoms with van der Waals surface area (Å²) in [6, 6.07) is 10.7. The first-order chi connectivity index (χ1) is 11.0. The van der Waals surface area contributed by atoms with Crippen LogP contribution in [0, 0.1) is 5.82 Å². The van der Waals surface area contributed by atoms with Gasteiger partial charge in [0.1, 0.15) is 5.82 Å². The van der Waals surface area contributed by atoms with E-state index in [1.165, 1.54) is 6.07 Å². The molecule has 0 amide bonds. The van der Waals surface area contributed by atoms with Crippen LogP contribution in [0.1, 0.15) is 24.1 Å². The van der Waals surface area contributed by atoms with Gasteiger partial charge in [0, 0.05) is 18.2 Å². The number of benzene rings is 2. The highest BCUT2D eigenvalue weighted by Crippen LogP contribution is 2.38. The van der Waals surface area contributed by atoms with Crippen LogP contribution in [0.3, 0.4) is 0 Å². The molecule has 5 heteroatoms. The number of methoxy groups -OCH3 is 2. The molecule has 1 unspecified atom stereocenters. The van der Waals surface area contributed by atoms with Crippen molar-refractivity contribution in [2.45, 2.75) is 19.5 Å². The van der Waals surface area contributed by atoms with E-state index in [1.807, 2.05) is 38.2 Å². The Bertz CT molecular complexity index is 678. The van der Waals surface area contributed by atoms with Crippen LogP contribution in [-0.4, -0.2) is 26.2 Å². The molecule has 0 spiro atoms. The monoisotopic (exact) mass is 381 g/mol. The maximum absolute atomic E-state index is 14.0. The molecule has 124 valence electrons. The van der Waals surface area contributed by atoms with E-state index in [0.29, 0.717) is 23.6 Å². The Hall–Kier alpha value is -1.59. The minimum Gasteiger partial charge on any atom is -0.493 e. The minimum atomic E-state index is -0.182. The van der Waals surface area contributed by atoms with E-state index in [-0.39, 0.29) is 11.9 Å². The molecule has 23 heavy (non-hydrogen) atoms. The van der Waals surface area contributed by atoms with E-state index in [2.05, 4.69) is 20.8 Å². The summed E-state index contributed by atoms with van der Waals surface area (Å²) >= 11 is 3.58. The van der Waals surface area contributed by atoms with Crippen LogP contribution in [0.25, 0.3) is 0 Å². The lowest BCUT2D eigenvalue weighted by molar-refractivity contribution is 0.246. The minimum absolute atomic E-state index is 0.0452. The highest BCUT2D eigenvalue weighted by Gasteiger charge is 2.18. The summed E-state index contributed by atoms with van der Waals surface area (Å²) in [4.78, 5) is 2.09. The first-order valence-electron chi connectivity index (χ1n) is 7.33. The summed E-state index contributed by atoms with van der Waals surface area (Å²) in [7, 11) is 5.19. The van der Waals surface area contributed by atoms with Crippen molar-refractivity contribution >= 4 is 15.9 Å². The van der Waals surface area contributed by atoms with Crippen molar-refractivity contribution < 1.29 is 13.9 Å². The van der Waals surface area contributed by atoms with E-state index in [4.69, 9.17) is 9.47 Å². The van der Waals surface area contributed by atoms with Gasteiger partial charge in [-0.3, -0.25) is 4.90 Å². The molecule has 0 fully saturated rings. The number of nitrogens with zero attached hydrogens (tertiary/aromatic N) is 1. The highest BCUT2D eigenvalue weighted by atomic mass is 79.9. The summed E-state index contributed by atoms with van der Waals surface area (Å²) in [6.07, 6.45) is 0. The second-order valence-electron chi connectivity index (χ2n) is 5.39. The Morgan fingerprint density at radius 2 is 1.83 bits per heavy atom. The molecule has 2 aromatic carbocycles. The molecule has 1 atom stereocenters. The van der Waals surface area contributed by atoms with Crippen LogP contribution >= 0.6 is 15.9 Å². The average molecular weight is 382 g/mol. The molecule has 0 aliphatic carbocycles. The predicted molar refractivity (Wildman–Crippen MR) is 93.5 cm³/mol. The van der Waals surface area contributed by atoms with Gasteiger partial charge in [0.15, 0.2) is 11.5 Å². The maximum atomic E-state index is 14.0. The SMILES string of the molecule is COc1ccc(CN(C)C(C)c2ccccc2F)c(Br)c1OC. The number of hydrogen-bond acceptors (Lipinski definition) is 3. The number of rotatable bonds is 6. The fourth-order valence-corrected chi connectivity index (χ4v) is 3.12. The van der Waals surface area contributed by atoms with Crippen molar-refractivity contribution in [3.05, 3.63) is 57.8 Å². The molecule has 0 radical (unpaired) electrons. The molecule has 2 rings (SSSR count). The van der Waals surface area contributed by atoms with Crippen molar-refractivity contribution in [1.82, 2.24) is 4.90 Å². The molecule has 0 aromatic heterocycles. The average Bonchev–Trinajstić information content (AvgIpc) is 2.56. The van der Waals surface area contributed by atoms with Crippen molar-refractivity contribution in [1.29, 1.82) is 0 Å². The third kappa shape index (κ3) is 3.85.